The number of hydrogen-bond acceptors (Lipinski definition) is 3. The van der Waals surface area contributed by atoms with E-state index in [9.17, 15) is 5.11 Å². The predicted molar refractivity (Wildman–Crippen MR) is 83.8 cm³/mol. The van der Waals surface area contributed by atoms with Crippen molar-refractivity contribution < 1.29 is 9.84 Å². The van der Waals surface area contributed by atoms with Gasteiger partial charge in [-0.05, 0) is 53.9 Å². The van der Waals surface area contributed by atoms with Crippen LogP contribution in [0.1, 0.15) is 38.9 Å². The van der Waals surface area contributed by atoms with Crippen LogP contribution in [0.4, 0.5) is 5.69 Å². The van der Waals surface area contributed by atoms with Crippen molar-refractivity contribution in [3.8, 4) is 0 Å². The smallest absolute Gasteiger partial charge is 0.0762 e. The SMILES string of the molecule is CCC(C)N(CCOC)c1ccc(C(C)O)cc1Br. The second-order valence-corrected chi connectivity index (χ2v) is 5.68. The molecule has 2 atom stereocenters. The van der Waals surface area contributed by atoms with Gasteiger partial charge in [0.05, 0.1) is 18.4 Å². The first-order valence-corrected chi connectivity index (χ1v) is 7.53. The Morgan fingerprint density at radius 1 is 1.37 bits per heavy atom. The van der Waals surface area contributed by atoms with E-state index in [-0.39, 0.29) is 0 Å². The molecule has 4 heteroatoms. The van der Waals surface area contributed by atoms with Gasteiger partial charge in [0.2, 0.25) is 0 Å². The second kappa shape index (κ2) is 7.88. The van der Waals surface area contributed by atoms with Crippen LogP contribution < -0.4 is 4.90 Å². The summed E-state index contributed by atoms with van der Waals surface area (Å²) < 4.78 is 6.21. The summed E-state index contributed by atoms with van der Waals surface area (Å²) in [5.41, 5.74) is 2.07. The van der Waals surface area contributed by atoms with E-state index in [0.29, 0.717) is 12.6 Å². The van der Waals surface area contributed by atoms with Gasteiger partial charge >= 0.3 is 0 Å². The molecule has 0 amide bonds. The van der Waals surface area contributed by atoms with Crippen molar-refractivity contribution in [1.82, 2.24) is 0 Å². The first kappa shape index (κ1) is 16.5. The lowest BCUT2D eigenvalue weighted by Crippen LogP contribution is -2.35. The van der Waals surface area contributed by atoms with Gasteiger partial charge in [0, 0.05) is 24.2 Å². The van der Waals surface area contributed by atoms with Crippen LogP contribution >= 0.6 is 15.9 Å². The van der Waals surface area contributed by atoms with Gasteiger partial charge < -0.3 is 14.7 Å². The van der Waals surface area contributed by atoms with Crippen LogP contribution in [-0.4, -0.2) is 31.4 Å². The molecule has 108 valence electrons. The number of methoxy groups -OCH3 is 1. The van der Waals surface area contributed by atoms with Gasteiger partial charge in [-0.2, -0.15) is 0 Å². The third-order valence-electron chi connectivity index (χ3n) is 3.42. The van der Waals surface area contributed by atoms with E-state index < -0.39 is 6.10 Å². The summed E-state index contributed by atoms with van der Waals surface area (Å²) in [5, 5.41) is 9.62. The fourth-order valence-electron chi connectivity index (χ4n) is 2.00. The van der Waals surface area contributed by atoms with E-state index >= 15 is 0 Å². The molecule has 0 aliphatic carbocycles. The Labute approximate surface area is 124 Å². The monoisotopic (exact) mass is 329 g/mol. The number of ether oxygens (including phenoxy) is 1. The van der Waals surface area contributed by atoms with Gasteiger partial charge in [-0.1, -0.05) is 13.0 Å². The van der Waals surface area contributed by atoms with Crippen LogP contribution in [0, 0.1) is 0 Å². The number of aliphatic hydroxyl groups is 1. The average Bonchev–Trinajstić information content (AvgIpc) is 2.39. The third kappa shape index (κ3) is 4.48. The Hall–Kier alpha value is -0.580. The normalized spacial score (nSPS) is 14.2. The maximum Gasteiger partial charge on any atom is 0.0762 e. The number of nitrogens with zero attached hydrogens (tertiary/aromatic N) is 1. The summed E-state index contributed by atoms with van der Waals surface area (Å²) in [6.07, 6.45) is 0.635. The summed E-state index contributed by atoms with van der Waals surface area (Å²) >= 11 is 3.61. The van der Waals surface area contributed by atoms with Crippen LogP contribution in [0.5, 0.6) is 0 Å². The maximum atomic E-state index is 9.62. The standard InChI is InChI=1S/C15H24BrNO2/c1-5-11(2)17(8-9-19-4)15-7-6-13(12(3)18)10-14(15)16/h6-7,10-12,18H,5,8-9H2,1-4H3. The lowest BCUT2D eigenvalue weighted by Gasteiger charge is -2.31. The highest BCUT2D eigenvalue weighted by molar-refractivity contribution is 9.10. The minimum Gasteiger partial charge on any atom is -0.389 e. The summed E-state index contributed by atoms with van der Waals surface area (Å²) in [4.78, 5) is 2.33. The summed E-state index contributed by atoms with van der Waals surface area (Å²) in [7, 11) is 1.72. The lowest BCUT2D eigenvalue weighted by molar-refractivity contribution is 0.199. The molecule has 2 unspecified atom stereocenters. The summed E-state index contributed by atoms with van der Waals surface area (Å²) in [6, 6.07) is 6.48. The maximum absolute atomic E-state index is 9.62. The molecule has 1 aromatic rings. The quantitative estimate of drug-likeness (QED) is 0.826. The highest BCUT2D eigenvalue weighted by Crippen LogP contribution is 2.31. The summed E-state index contributed by atoms with van der Waals surface area (Å²) in [5.74, 6) is 0. The molecule has 0 saturated carbocycles. The fourth-order valence-corrected chi connectivity index (χ4v) is 2.63. The van der Waals surface area contributed by atoms with E-state index in [0.717, 1.165) is 28.7 Å². The van der Waals surface area contributed by atoms with Crippen LogP contribution in [0.2, 0.25) is 0 Å². The Kier molecular flexibility index (Phi) is 6.83. The van der Waals surface area contributed by atoms with Gasteiger partial charge in [0.1, 0.15) is 0 Å². The summed E-state index contributed by atoms with van der Waals surface area (Å²) in [6.45, 7) is 7.74. The van der Waals surface area contributed by atoms with Crippen LogP contribution in [0.15, 0.2) is 22.7 Å². The molecule has 0 bridgehead atoms. The molecule has 0 aromatic heterocycles. The fraction of sp³-hybridized carbons (Fsp3) is 0.600. The van der Waals surface area contributed by atoms with Crippen molar-refractivity contribution >= 4 is 21.6 Å². The zero-order valence-electron chi connectivity index (χ0n) is 12.2. The molecule has 0 fully saturated rings. The molecule has 1 N–H and O–H groups in total. The van der Waals surface area contributed by atoms with Crippen molar-refractivity contribution in [3.05, 3.63) is 28.2 Å². The zero-order valence-corrected chi connectivity index (χ0v) is 13.8. The number of benzene rings is 1. The first-order chi connectivity index (χ1) is 9.01. The molecule has 1 aromatic carbocycles. The highest BCUT2D eigenvalue weighted by atomic mass is 79.9. The van der Waals surface area contributed by atoms with E-state index in [2.05, 4.69) is 40.7 Å². The molecule has 0 aliphatic heterocycles. The number of halogens is 1. The largest absolute Gasteiger partial charge is 0.389 e. The molecular weight excluding hydrogens is 306 g/mol. The van der Waals surface area contributed by atoms with Crippen LogP contribution in [0.3, 0.4) is 0 Å². The Morgan fingerprint density at radius 3 is 2.53 bits per heavy atom. The molecule has 1 rings (SSSR count). The molecule has 0 saturated heterocycles. The predicted octanol–water partition coefficient (Wildman–Crippen LogP) is 3.75. The molecular formula is C15H24BrNO2. The zero-order chi connectivity index (χ0) is 14.4. The van der Waals surface area contributed by atoms with E-state index in [1.807, 2.05) is 12.1 Å². The number of rotatable bonds is 7. The minimum atomic E-state index is -0.443. The van der Waals surface area contributed by atoms with Crippen LogP contribution in [-0.2, 0) is 4.74 Å². The van der Waals surface area contributed by atoms with E-state index in [4.69, 9.17) is 4.74 Å². The Morgan fingerprint density at radius 2 is 2.05 bits per heavy atom. The Bertz CT molecular complexity index is 396. The third-order valence-corrected chi connectivity index (χ3v) is 4.06. The van der Waals surface area contributed by atoms with Crippen molar-refractivity contribution in [3.63, 3.8) is 0 Å². The van der Waals surface area contributed by atoms with Gasteiger partial charge in [-0.3, -0.25) is 0 Å². The molecule has 0 radical (unpaired) electrons. The van der Waals surface area contributed by atoms with Crippen molar-refractivity contribution in [1.29, 1.82) is 0 Å². The molecule has 0 spiro atoms. The molecule has 3 nitrogen and oxygen atoms in total. The van der Waals surface area contributed by atoms with Gasteiger partial charge in [-0.25, -0.2) is 0 Å². The minimum absolute atomic E-state index is 0.443. The number of anilines is 1. The molecule has 19 heavy (non-hydrogen) atoms. The molecule has 0 heterocycles. The average molecular weight is 330 g/mol. The number of aliphatic hydroxyl groups excluding tert-OH is 1. The first-order valence-electron chi connectivity index (χ1n) is 6.74. The lowest BCUT2D eigenvalue weighted by atomic mass is 10.1. The van der Waals surface area contributed by atoms with E-state index in [1.165, 1.54) is 0 Å². The highest BCUT2D eigenvalue weighted by Gasteiger charge is 2.16. The molecule has 0 aliphatic rings. The van der Waals surface area contributed by atoms with Crippen LogP contribution in [0.25, 0.3) is 0 Å². The number of hydrogen-bond donors (Lipinski definition) is 1. The second-order valence-electron chi connectivity index (χ2n) is 4.83. The van der Waals surface area contributed by atoms with Crippen molar-refractivity contribution in [2.75, 3.05) is 25.2 Å². The Balaban J connectivity index is 3.01. The van der Waals surface area contributed by atoms with Gasteiger partial charge in [0.15, 0.2) is 0 Å². The van der Waals surface area contributed by atoms with Gasteiger partial charge in [-0.15, -0.1) is 0 Å². The van der Waals surface area contributed by atoms with Crippen molar-refractivity contribution in [2.24, 2.45) is 0 Å². The topological polar surface area (TPSA) is 32.7 Å². The van der Waals surface area contributed by atoms with Gasteiger partial charge in [0.25, 0.3) is 0 Å². The van der Waals surface area contributed by atoms with E-state index in [1.54, 1.807) is 14.0 Å². The van der Waals surface area contributed by atoms with Crippen molar-refractivity contribution in [2.45, 2.75) is 39.3 Å².